The minimum atomic E-state index is -4.97. The first-order chi connectivity index (χ1) is 16.4. The van der Waals surface area contributed by atoms with E-state index >= 15 is 0 Å². The number of amidine groups is 1. The lowest BCUT2D eigenvalue weighted by Crippen LogP contribution is -2.51. The van der Waals surface area contributed by atoms with Crippen LogP contribution in [0.25, 0.3) is 0 Å². The molecule has 1 heterocycles. The second-order valence-electron chi connectivity index (χ2n) is 7.70. The summed E-state index contributed by atoms with van der Waals surface area (Å²) >= 11 is 12.2. The lowest BCUT2D eigenvalue weighted by atomic mass is 9.86. The summed E-state index contributed by atoms with van der Waals surface area (Å²) in [6.45, 7) is 1.55. The van der Waals surface area contributed by atoms with Crippen LogP contribution >= 0.6 is 23.2 Å². The molecule has 1 aliphatic heterocycles. The molecular weight excluding hydrogens is 512 g/mol. The Morgan fingerprint density at radius 2 is 1.74 bits per heavy atom. The van der Waals surface area contributed by atoms with Crippen LogP contribution in [0.2, 0.25) is 10.0 Å². The molecule has 0 spiro atoms. The number of aliphatic carboxylic acids is 1. The Bertz CT molecular complexity index is 1210. The van der Waals surface area contributed by atoms with Crippen LogP contribution in [0.4, 0.5) is 13.2 Å². The van der Waals surface area contributed by atoms with Crippen LogP contribution in [0.1, 0.15) is 41.3 Å². The number of benzene rings is 2. The van der Waals surface area contributed by atoms with Crippen molar-refractivity contribution in [3.8, 4) is 5.75 Å². The van der Waals surface area contributed by atoms with Crippen molar-refractivity contribution in [1.82, 2.24) is 0 Å². The third-order valence-electron chi connectivity index (χ3n) is 5.23. The van der Waals surface area contributed by atoms with Crippen LogP contribution in [-0.2, 0) is 17.8 Å². The van der Waals surface area contributed by atoms with Crippen molar-refractivity contribution in [2.75, 3.05) is 0 Å². The Morgan fingerprint density at radius 1 is 1.09 bits per heavy atom. The topological polar surface area (TPSA) is 109 Å². The molecule has 35 heavy (non-hydrogen) atoms. The summed E-state index contributed by atoms with van der Waals surface area (Å²) in [6.07, 6.45) is -4.95. The highest BCUT2D eigenvalue weighted by Crippen LogP contribution is 2.36. The molecule has 0 fully saturated rings. The minimum absolute atomic E-state index is 0.0778. The van der Waals surface area contributed by atoms with Gasteiger partial charge < -0.3 is 14.9 Å². The smallest absolute Gasteiger partial charge is 0.432 e. The van der Waals surface area contributed by atoms with Gasteiger partial charge in [-0.25, -0.2) is 19.6 Å². The van der Waals surface area contributed by atoms with Crippen LogP contribution in [0.5, 0.6) is 5.75 Å². The van der Waals surface area contributed by atoms with E-state index in [1.54, 1.807) is 6.92 Å². The Morgan fingerprint density at radius 3 is 2.29 bits per heavy atom. The van der Waals surface area contributed by atoms with Crippen molar-refractivity contribution in [3.05, 3.63) is 63.1 Å². The van der Waals surface area contributed by atoms with E-state index in [2.05, 4.69) is 9.98 Å². The van der Waals surface area contributed by atoms with Gasteiger partial charge in [-0.05, 0) is 36.2 Å². The van der Waals surface area contributed by atoms with Gasteiger partial charge >= 0.3 is 18.1 Å². The molecule has 0 saturated carbocycles. The predicted molar refractivity (Wildman–Crippen MR) is 124 cm³/mol. The van der Waals surface area contributed by atoms with Crippen LogP contribution in [-0.4, -0.2) is 45.4 Å². The van der Waals surface area contributed by atoms with Crippen molar-refractivity contribution in [1.29, 1.82) is 0 Å². The summed E-state index contributed by atoms with van der Waals surface area (Å²) in [7, 11) is 0. The van der Waals surface area contributed by atoms with E-state index in [0.29, 0.717) is 6.42 Å². The zero-order valence-electron chi connectivity index (χ0n) is 18.2. The first-order valence-corrected chi connectivity index (χ1v) is 11.0. The number of hydrogen-bond acceptors (Lipinski definition) is 5. The lowest BCUT2D eigenvalue weighted by Gasteiger charge is -2.25. The SMILES string of the molecule is CCCC1=NC(Cc2ccc(OCc3c(Cl)ccc(C(=O)O)c3Cl)cc2)(C(=O)O)C(C(F)(F)F)=N1. The van der Waals surface area contributed by atoms with E-state index in [-0.39, 0.29) is 51.3 Å². The fourth-order valence-electron chi connectivity index (χ4n) is 3.55. The van der Waals surface area contributed by atoms with Gasteiger partial charge in [-0.2, -0.15) is 13.2 Å². The average molecular weight is 531 g/mol. The van der Waals surface area contributed by atoms with Gasteiger partial charge in [0, 0.05) is 23.4 Å². The number of aromatic carboxylic acids is 1. The summed E-state index contributed by atoms with van der Waals surface area (Å²) in [5, 5.41) is 19.1. The van der Waals surface area contributed by atoms with Crippen LogP contribution in [0, 0.1) is 0 Å². The van der Waals surface area contributed by atoms with Crippen molar-refractivity contribution in [3.63, 3.8) is 0 Å². The average Bonchev–Trinajstić information content (AvgIpc) is 3.14. The molecular formula is C23H19Cl2F3N2O5. The zero-order valence-corrected chi connectivity index (χ0v) is 19.7. The van der Waals surface area contributed by atoms with Gasteiger partial charge in [0.05, 0.1) is 10.6 Å². The Hall–Kier alpha value is -3.11. The molecule has 0 aromatic heterocycles. The number of rotatable bonds is 9. The van der Waals surface area contributed by atoms with Crippen molar-refractivity contribution >= 4 is 46.7 Å². The first kappa shape index (κ1) is 26.5. The predicted octanol–water partition coefficient (Wildman–Crippen LogP) is 5.85. The molecule has 0 bridgehead atoms. The molecule has 186 valence electrons. The van der Waals surface area contributed by atoms with E-state index < -0.39 is 35.8 Å². The molecule has 2 N–H and O–H groups in total. The number of alkyl halides is 3. The lowest BCUT2D eigenvalue weighted by molar-refractivity contribution is -0.142. The van der Waals surface area contributed by atoms with Crippen LogP contribution in [0.15, 0.2) is 46.4 Å². The molecule has 0 radical (unpaired) electrons. The maximum Gasteiger partial charge on any atom is 0.432 e. The number of carboxylic acids is 2. The largest absolute Gasteiger partial charge is 0.489 e. The van der Waals surface area contributed by atoms with Gasteiger partial charge in [0.15, 0.2) is 5.71 Å². The van der Waals surface area contributed by atoms with Gasteiger partial charge in [0.25, 0.3) is 0 Å². The highest BCUT2D eigenvalue weighted by atomic mass is 35.5. The third kappa shape index (κ3) is 5.59. The molecule has 0 aliphatic carbocycles. The molecule has 1 atom stereocenters. The van der Waals surface area contributed by atoms with Crippen molar-refractivity contribution in [2.45, 2.75) is 44.5 Å². The number of halogens is 5. The van der Waals surface area contributed by atoms with Crippen molar-refractivity contribution < 1.29 is 37.7 Å². The van der Waals surface area contributed by atoms with E-state index in [4.69, 9.17) is 27.9 Å². The standard InChI is InChI=1S/C23H19Cl2F3N2O5/c1-2-3-17-29-20(23(26,27)28)22(30-17,21(33)34)10-12-4-6-13(7-5-12)35-11-15-16(24)9-8-14(18(15)25)19(31)32/h4-9H,2-3,10-11H2,1H3,(H,31,32)(H,33,34). The number of hydrogen-bond donors (Lipinski definition) is 2. The summed E-state index contributed by atoms with van der Waals surface area (Å²) in [4.78, 5) is 30.7. The van der Waals surface area contributed by atoms with E-state index in [1.165, 1.54) is 36.4 Å². The fraction of sp³-hybridized carbons (Fsp3) is 0.304. The van der Waals surface area contributed by atoms with Gasteiger partial charge in [-0.15, -0.1) is 0 Å². The molecule has 12 heteroatoms. The second kappa shape index (κ2) is 10.2. The zero-order chi connectivity index (χ0) is 26.0. The quantitative estimate of drug-likeness (QED) is 0.422. The molecule has 2 aromatic carbocycles. The van der Waals surface area contributed by atoms with Crippen LogP contribution in [0.3, 0.4) is 0 Å². The van der Waals surface area contributed by atoms with Gasteiger partial charge in [-0.1, -0.05) is 42.3 Å². The number of ether oxygens (including phenoxy) is 1. The second-order valence-corrected chi connectivity index (χ2v) is 8.49. The van der Waals surface area contributed by atoms with E-state index in [0.717, 1.165) is 0 Å². The van der Waals surface area contributed by atoms with Gasteiger partial charge in [0.2, 0.25) is 5.54 Å². The molecule has 1 aliphatic rings. The van der Waals surface area contributed by atoms with Gasteiger partial charge in [0.1, 0.15) is 18.2 Å². The molecule has 2 aromatic rings. The number of carbonyl (C=O) groups is 2. The minimum Gasteiger partial charge on any atom is -0.489 e. The highest BCUT2D eigenvalue weighted by molar-refractivity contribution is 6.37. The Kier molecular flexibility index (Phi) is 7.76. The maximum absolute atomic E-state index is 13.7. The Balaban J connectivity index is 1.83. The van der Waals surface area contributed by atoms with Crippen LogP contribution < -0.4 is 4.74 Å². The summed E-state index contributed by atoms with van der Waals surface area (Å²) in [5.41, 5.74) is -3.67. The van der Waals surface area contributed by atoms with Crippen molar-refractivity contribution in [2.24, 2.45) is 9.98 Å². The third-order valence-corrected chi connectivity index (χ3v) is 6.02. The number of carboxylic acid groups (broad SMARTS) is 2. The highest BCUT2D eigenvalue weighted by Gasteiger charge is 2.58. The maximum atomic E-state index is 13.7. The van der Waals surface area contributed by atoms with E-state index in [1.807, 2.05) is 0 Å². The fourth-order valence-corrected chi connectivity index (χ4v) is 4.11. The first-order valence-electron chi connectivity index (χ1n) is 10.3. The van der Waals surface area contributed by atoms with E-state index in [9.17, 15) is 33.0 Å². The summed E-state index contributed by atoms with van der Waals surface area (Å²) < 4.78 is 46.6. The molecule has 7 nitrogen and oxygen atoms in total. The molecule has 3 rings (SSSR count). The number of aliphatic imine (C=N–C) groups is 2. The summed E-state index contributed by atoms with van der Waals surface area (Å²) in [5.74, 6) is -2.86. The summed E-state index contributed by atoms with van der Waals surface area (Å²) in [6, 6.07) is 8.34. The number of nitrogens with zero attached hydrogens (tertiary/aromatic N) is 2. The monoisotopic (exact) mass is 530 g/mol. The van der Waals surface area contributed by atoms with Gasteiger partial charge in [-0.3, -0.25) is 0 Å². The molecule has 0 amide bonds. The molecule has 1 unspecified atom stereocenters. The molecule has 0 saturated heterocycles. The normalized spacial score (nSPS) is 17.7. The Labute approximate surface area is 207 Å².